The summed E-state index contributed by atoms with van der Waals surface area (Å²) in [6.45, 7) is 8.83. The van der Waals surface area contributed by atoms with Gasteiger partial charge in [0.1, 0.15) is 11.4 Å². The number of rotatable bonds is 2. The van der Waals surface area contributed by atoms with E-state index < -0.39 is 5.60 Å². The number of nitrogens with zero attached hydrogens (tertiary/aromatic N) is 1. The van der Waals surface area contributed by atoms with E-state index in [4.69, 9.17) is 4.74 Å². The Hall–Kier alpha value is -1.78. The predicted molar refractivity (Wildman–Crippen MR) is 81.1 cm³/mol. The van der Waals surface area contributed by atoms with Crippen LogP contribution >= 0.6 is 0 Å². The molecule has 1 amide bonds. The van der Waals surface area contributed by atoms with Crippen molar-refractivity contribution in [3.63, 3.8) is 0 Å². The minimum Gasteiger partial charge on any atom is -0.444 e. The highest BCUT2D eigenvalue weighted by Crippen LogP contribution is 2.23. The van der Waals surface area contributed by atoms with Gasteiger partial charge in [-0.15, -0.1) is 0 Å². The summed E-state index contributed by atoms with van der Waals surface area (Å²) in [4.78, 5) is 13.9. The van der Waals surface area contributed by atoms with Crippen molar-refractivity contribution in [1.29, 1.82) is 0 Å². The molecular weight excluding hydrogens is 271 g/mol. The van der Waals surface area contributed by atoms with Gasteiger partial charge in [0.15, 0.2) is 0 Å². The summed E-state index contributed by atoms with van der Waals surface area (Å²) >= 11 is 0. The number of aryl methyl sites for hydroxylation is 1. The summed E-state index contributed by atoms with van der Waals surface area (Å²) in [5, 5.41) is 2.88. The van der Waals surface area contributed by atoms with Crippen molar-refractivity contribution in [2.45, 2.75) is 45.8 Å². The Morgan fingerprint density at radius 3 is 2.76 bits per heavy atom. The zero-order valence-electron chi connectivity index (χ0n) is 13.1. The summed E-state index contributed by atoms with van der Waals surface area (Å²) in [7, 11) is 0. The van der Waals surface area contributed by atoms with E-state index in [9.17, 15) is 9.18 Å². The summed E-state index contributed by atoms with van der Waals surface area (Å²) in [6.07, 6.45) is 0.472. The quantitative estimate of drug-likeness (QED) is 0.910. The highest BCUT2D eigenvalue weighted by Gasteiger charge is 2.26. The van der Waals surface area contributed by atoms with E-state index in [0.29, 0.717) is 12.1 Å². The van der Waals surface area contributed by atoms with Crippen LogP contribution < -0.4 is 10.2 Å². The van der Waals surface area contributed by atoms with E-state index in [2.05, 4.69) is 10.2 Å². The molecule has 21 heavy (non-hydrogen) atoms. The average molecular weight is 294 g/mol. The summed E-state index contributed by atoms with van der Waals surface area (Å²) in [5.74, 6) is -0.193. The fraction of sp³-hybridized carbons (Fsp3) is 0.562. The lowest BCUT2D eigenvalue weighted by molar-refractivity contribution is 0.0509. The number of carbonyl (C=O) groups is 1. The zero-order chi connectivity index (χ0) is 15.6. The molecule has 1 saturated heterocycles. The number of carbonyl (C=O) groups excluding carboxylic acids is 1. The predicted octanol–water partition coefficient (Wildman–Crippen LogP) is 3.24. The monoisotopic (exact) mass is 294 g/mol. The standard InChI is InChI=1S/C16H23FN2O2/c1-11-9-13(5-6-14(11)17)19-8-7-12(10-19)18-15(20)21-16(2,3)4/h5-6,9,12H,7-8,10H2,1-4H3,(H,18,20)/t12-/m1/s1. The SMILES string of the molecule is Cc1cc(N2CC[C@@H](NC(=O)OC(C)(C)C)C2)ccc1F. The van der Waals surface area contributed by atoms with Crippen LogP contribution in [0.1, 0.15) is 32.8 Å². The first-order valence-electron chi connectivity index (χ1n) is 7.25. The third kappa shape index (κ3) is 4.34. The Morgan fingerprint density at radius 2 is 2.14 bits per heavy atom. The molecule has 4 nitrogen and oxygen atoms in total. The maximum Gasteiger partial charge on any atom is 0.407 e. The first-order valence-corrected chi connectivity index (χ1v) is 7.25. The van der Waals surface area contributed by atoms with Crippen molar-refractivity contribution in [1.82, 2.24) is 5.32 Å². The lowest BCUT2D eigenvalue weighted by atomic mass is 10.2. The molecule has 1 aliphatic rings. The molecule has 1 fully saturated rings. The largest absolute Gasteiger partial charge is 0.444 e. The first kappa shape index (κ1) is 15.6. The van der Waals surface area contributed by atoms with E-state index in [1.54, 1.807) is 13.0 Å². The van der Waals surface area contributed by atoms with Gasteiger partial charge in [0, 0.05) is 18.8 Å². The van der Waals surface area contributed by atoms with Crippen LogP contribution in [0.3, 0.4) is 0 Å². The molecule has 0 spiro atoms. The van der Waals surface area contributed by atoms with Crippen molar-refractivity contribution in [2.75, 3.05) is 18.0 Å². The van der Waals surface area contributed by atoms with Crippen molar-refractivity contribution in [3.05, 3.63) is 29.6 Å². The molecule has 0 bridgehead atoms. The maximum absolute atomic E-state index is 13.3. The van der Waals surface area contributed by atoms with Gasteiger partial charge in [-0.2, -0.15) is 0 Å². The Morgan fingerprint density at radius 1 is 1.43 bits per heavy atom. The zero-order valence-corrected chi connectivity index (χ0v) is 13.1. The Labute approximate surface area is 125 Å². The number of benzene rings is 1. The molecule has 0 saturated carbocycles. The normalized spacial score (nSPS) is 18.7. The third-order valence-corrected chi connectivity index (χ3v) is 3.42. The smallest absolute Gasteiger partial charge is 0.407 e. The number of halogens is 1. The van der Waals surface area contributed by atoms with Crippen LogP contribution in [0, 0.1) is 12.7 Å². The van der Waals surface area contributed by atoms with Crippen LogP contribution in [-0.4, -0.2) is 30.8 Å². The number of amides is 1. The molecule has 1 aliphatic heterocycles. The number of hydrogen-bond donors (Lipinski definition) is 1. The van der Waals surface area contributed by atoms with Gasteiger partial charge in [-0.3, -0.25) is 0 Å². The van der Waals surface area contributed by atoms with Gasteiger partial charge in [0.05, 0.1) is 6.04 Å². The van der Waals surface area contributed by atoms with Gasteiger partial charge in [-0.25, -0.2) is 9.18 Å². The van der Waals surface area contributed by atoms with Gasteiger partial charge in [0.2, 0.25) is 0 Å². The molecule has 1 N–H and O–H groups in total. The molecule has 0 aromatic heterocycles. The Kier molecular flexibility index (Phi) is 4.40. The highest BCUT2D eigenvalue weighted by atomic mass is 19.1. The molecule has 2 rings (SSSR count). The fourth-order valence-electron chi connectivity index (χ4n) is 2.41. The van der Waals surface area contributed by atoms with E-state index in [1.807, 2.05) is 26.8 Å². The third-order valence-electron chi connectivity index (χ3n) is 3.42. The van der Waals surface area contributed by atoms with E-state index in [1.165, 1.54) is 6.07 Å². The van der Waals surface area contributed by atoms with Crippen LogP contribution in [0.5, 0.6) is 0 Å². The van der Waals surface area contributed by atoms with Gasteiger partial charge < -0.3 is 15.0 Å². The summed E-state index contributed by atoms with van der Waals surface area (Å²) in [6, 6.07) is 5.16. The number of ether oxygens (including phenoxy) is 1. The van der Waals surface area contributed by atoms with Gasteiger partial charge in [0.25, 0.3) is 0 Å². The minimum atomic E-state index is -0.490. The van der Waals surface area contributed by atoms with E-state index in [0.717, 1.165) is 18.7 Å². The van der Waals surface area contributed by atoms with Crippen LogP contribution in [-0.2, 0) is 4.74 Å². The number of hydrogen-bond acceptors (Lipinski definition) is 3. The lowest BCUT2D eigenvalue weighted by Crippen LogP contribution is -2.40. The molecular formula is C16H23FN2O2. The topological polar surface area (TPSA) is 41.6 Å². The highest BCUT2D eigenvalue weighted by molar-refractivity contribution is 5.68. The molecule has 1 atom stereocenters. The molecule has 1 heterocycles. The van der Waals surface area contributed by atoms with Crippen molar-refractivity contribution in [2.24, 2.45) is 0 Å². The van der Waals surface area contributed by atoms with Crippen LogP contribution in [0.15, 0.2) is 18.2 Å². The fourth-order valence-corrected chi connectivity index (χ4v) is 2.41. The molecule has 0 aliphatic carbocycles. The van der Waals surface area contributed by atoms with Crippen LogP contribution in [0.4, 0.5) is 14.9 Å². The van der Waals surface area contributed by atoms with Gasteiger partial charge in [-0.05, 0) is 57.9 Å². The maximum atomic E-state index is 13.3. The molecule has 5 heteroatoms. The molecule has 116 valence electrons. The van der Waals surface area contributed by atoms with Crippen molar-refractivity contribution in [3.8, 4) is 0 Å². The average Bonchev–Trinajstić information content (AvgIpc) is 2.78. The van der Waals surface area contributed by atoms with E-state index >= 15 is 0 Å². The number of anilines is 1. The number of nitrogens with one attached hydrogen (secondary N) is 1. The molecule has 0 radical (unpaired) electrons. The molecule has 1 aromatic rings. The summed E-state index contributed by atoms with van der Waals surface area (Å²) < 4.78 is 18.6. The Bertz CT molecular complexity index is 525. The minimum absolute atomic E-state index is 0.0604. The lowest BCUT2D eigenvalue weighted by Gasteiger charge is -2.22. The van der Waals surface area contributed by atoms with Crippen LogP contribution in [0.2, 0.25) is 0 Å². The second kappa shape index (κ2) is 5.92. The molecule has 1 aromatic carbocycles. The summed E-state index contributed by atoms with van der Waals surface area (Å²) in [5.41, 5.74) is 1.13. The first-order chi connectivity index (χ1) is 9.74. The van der Waals surface area contributed by atoms with E-state index in [-0.39, 0.29) is 18.0 Å². The van der Waals surface area contributed by atoms with Crippen molar-refractivity contribution >= 4 is 11.8 Å². The van der Waals surface area contributed by atoms with Gasteiger partial charge >= 0.3 is 6.09 Å². The second-order valence-electron chi connectivity index (χ2n) is 6.51. The van der Waals surface area contributed by atoms with Gasteiger partial charge in [-0.1, -0.05) is 0 Å². The number of alkyl carbamates (subject to hydrolysis) is 1. The second-order valence-corrected chi connectivity index (χ2v) is 6.51. The Balaban J connectivity index is 1.91. The van der Waals surface area contributed by atoms with Crippen molar-refractivity contribution < 1.29 is 13.9 Å². The molecule has 0 unspecified atom stereocenters. The van der Waals surface area contributed by atoms with Crippen LogP contribution in [0.25, 0.3) is 0 Å².